The van der Waals surface area contributed by atoms with Crippen LogP contribution in [0, 0.1) is 12.8 Å². The summed E-state index contributed by atoms with van der Waals surface area (Å²) < 4.78 is 5.26. The summed E-state index contributed by atoms with van der Waals surface area (Å²) in [5.41, 5.74) is 2.44. The lowest BCUT2D eigenvalue weighted by molar-refractivity contribution is 0.0950. The van der Waals surface area contributed by atoms with Gasteiger partial charge >= 0.3 is 0 Å². The van der Waals surface area contributed by atoms with E-state index in [1.165, 1.54) is 11.5 Å². The molecule has 140 valence electrons. The van der Waals surface area contributed by atoms with Crippen molar-refractivity contribution in [1.82, 2.24) is 9.69 Å². The Kier molecular flexibility index (Phi) is 5.86. The molecular formula is C21H23N3O2S. The van der Waals surface area contributed by atoms with E-state index in [2.05, 4.69) is 28.9 Å². The van der Waals surface area contributed by atoms with Gasteiger partial charge in [0.1, 0.15) is 5.69 Å². The lowest BCUT2D eigenvalue weighted by atomic mass is 10.1. The van der Waals surface area contributed by atoms with Crippen LogP contribution in [0.5, 0.6) is 0 Å². The molecule has 0 unspecified atom stereocenters. The molecule has 0 saturated heterocycles. The fraction of sp³-hybridized carbons (Fsp3) is 0.286. The highest BCUT2D eigenvalue weighted by atomic mass is 32.1. The number of nitrogens with zero attached hydrogens (tertiary/aromatic N) is 1. The van der Waals surface area contributed by atoms with Crippen molar-refractivity contribution in [3.63, 3.8) is 0 Å². The number of carbonyl (C=O) groups is 2. The predicted octanol–water partition coefficient (Wildman–Crippen LogP) is 4.63. The Labute approximate surface area is 163 Å². The average molecular weight is 382 g/mol. The maximum Gasteiger partial charge on any atom is 0.276 e. The Hall–Kier alpha value is -2.73. The first-order valence-electron chi connectivity index (χ1n) is 9.00. The third kappa shape index (κ3) is 4.52. The van der Waals surface area contributed by atoms with Gasteiger partial charge in [-0.15, -0.1) is 0 Å². The summed E-state index contributed by atoms with van der Waals surface area (Å²) in [7, 11) is 0. The van der Waals surface area contributed by atoms with E-state index in [0.717, 1.165) is 22.1 Å². The topological polar surface area (TPSA) is 71.1 Å². The lowest BCUT2D eigenvalue weighted by Crippen LogP contribution is -2.25. The van der Waals surface area contributed by atoms with Crippen molar-refractivity contribution in [3.05, 3.63) is 59.3 Å². The van der Waals surface area contributed by atoms with E-state index in [4.69, 9.17) is 0 Å². The molecule has 2 aromatic carbocycles. The van der Waals surface area contributed by atoms with E-state index < -0.39 is 0 Å². The van der Waals surface area contributed by atoms with Gasteiger partial charge in [0.15, 0.2) is 0 Å². The molecule has 0 aliphatic heterocycles. The zero-order valence-electron chi connectivity index (χ0n) is 15.7. The Bertz CT molecular complexity index is 978. The van der Waals surface area contributed by atoms with Crippen LogP contribution < -0.4 is 10.6 Å². The van der Waals surface area contributed by atoms with Crippen LogP contribution in [0.3, 0.4) is 0 Å². The minimum absolute atomic E-state index is 0.134. The molecule has 0 fully saturated rings. The summed E-state index contributed by atoms with van der Waals surface area (Å²) in [5.74, 6) is 0.129. The van der Waals surface area contributed by atoms with E-state index in [9.17, 15) is 9.59 Å². The molecule has 2 amide bonds. The van der Waals surface area contributed by atoms with Crippen LogP contribution in [0.1, 0.15) is 46.7 Å². The van der Waals surface area contributed by atoms with E-state index in [1.807, 2.05) is 37.3 Å². The number of aromatic nitrogens is 1. The second kappa shape index (κ2) is 8.31. The van der Waals surface area contributed by atoms with Gasteiger partial charge in [-0.2, -0.15) is 4.37 Å². The standard InChI is InChI=1S/C21H23N3O2S/c1-13(2)10-11-22-20(25)15-9-8-14(3)17(12-15)23-21(26)19-16-6-4-5-7-18(16)27-24-19/h4-9,12-13H,10-11H2,1-3H3,(H,22,25)(H,23,26). The van der Waals surface area contributed by atoms with Crippen LogP contribution in [0.25, 0.3) is 10.1 Å². The highest BCUT2D eigenvalue weighted by Crippen LogP contribution is 2.24. The zero-order chi connectivity index (χ0) is 19.4. The summed E-state index contributed by atoms with van der Waals surface area (Å²) in [4.78, 5) is 25.0. The number of anilines is 1. The quantitative estimate of drug-likeness (QED) is 0.654. The summed E-state index contributed by atoms with van der Waals surface area (Å²) in [6.45, 7) is 6.77. The van der Waals surface area contributed by atoms with Gasteiger partial charge in [0, 0.05) is 23.2 Å². The van der Waals surface area contributed by atoms with Crippen molar-refractivity contribution in [2.24, 2.45) is 5.92 Å². The van der Waals surface area contributed by atoms with Crippen molar-refractivity contribution in [2.75, 3.05) is 11.9 Å². The van der Waals surface area contributed by atoms with Crippen LogP contribution >= 0.6 is 11.5 Å². The van der Waals surface area contributed by atoms with Crippen molar-refractivity contribution < 1.29 is 9.59 Å². The van der Waals surface area contributed by atoms with Gasteiger partial charge in [-0.1, -0.05) is 38.1 Å². The van der Waals surface area contributed by atoms with Crippen molar-refractivity contribution in [1.29, 1.82) is 0 Å². The minimum atomic E-state index is -0.270. The summed E-state index contributed by atoms with van der Waals surface area (Å²) in [6.07, 6.45) is 0.929. The first-order valence-corrected chi connectivity index (χ1v) is 9.77. The molecule has 0 saturated carbocycles. The molecule has 1 aromatic heterocycles. The smallest absolute Gasteiger partial charge is 0.276 e. The number of nitrogens with one attached hydrogen (secondary N) is 2. The molecule has 5 nitrogen and oxygen atoms in total. The highest BCUT2D eigenvalue weighted by Gasteiger charge is 2.16. The summed E-state index contributed by atoms with van der Waals surface area (Å²) in [5, 5.41) is 6.65. The third-order valence-electron chi connectivity index (χ3n) is 4.35. The van der Waals surface area contributed by atoms with Crippen LogP contribution in [0.15, 0.2) is 42.5 Å². The lowest BCUT2D eigenvalue weighted by Gasteiger charge is -2.11. The number of rotatable bonds is 6. The number of aryl methyl sites for hydroxylation is 1. The average Bonchev–Trinajstić information content (AvgIpc) is 3.07. The minimum Gasteiger partial charge on any atom is -0.352 e. The van der Waals surface area contributed by atoms with E-state index in [-0.39, 0.29) is 11.8 Å². The fourth-order valence-electron chi connectivity index (χ4n) is 2.71. The number of amides is 2. The molecule has 0 atom stereocenters. The van der Waals surface area contributed by atoms with Gasteiger partial charge in [0.05, 0.1) is 4.70 Å². The van der Waals surface area contributed by atoms with Gasteiger partial charge in [0.2, 0.25) is 0 Å². The monoisotopic (exact) mass is 381 g/mol. The van der Waals surface area contributed by atoms with E-state index >= 15 is 0 Å². The molecule has 1 heterocycles. The molecule has 0 aliphatic rings. The number of hydrogen-bond donors (Lipinski definition) is 2. The third-order valence-corrected chi connectivity index (χ3v) is 5.17. The normalized spacial score (nSPS) is 11.0. The maximum absolute atomic E-state index is 12.7. The van der Waals surface area contributed by atoms with Crippen LogP contribution in [-0.2, 0) is 0 Å². The summed E-state index contributed by atoms with van der Waals surface area (Å²) >= 11 is 1.30. The van der Waals surface area contributed by atoms with Crippen LogP contribution in [0.2, 0.25) is 0 Å². The molecule has 2 N–H and O–H groups in total. The fourth-order valence-corrected chi connectivity index (χ4v) is 3.48. The number of carbonyl (C=O) groups excluding carboxylic acids is 2. The molecule has 3 aromatic rings. The van der Waals surface area contributed by atoms with Crippen LogP contribution in [-0.4, -0.2) is 22.7 Å². The van der Waals surface area contributed by atoms with Crippen molar-refractivity contribution >= 4 is 39.1 Å². The zero-order valence-corrected chi connectivity index (χ0v) is 16.5. The molecule has 0 aliphatic carbocycles. The molecule has 0 bridgehead atoms. The second-order valence-corrected chi connectivity index (χ2v) is 7.75. The number of benzene rings is 2. The van der Waals surface area contributed by atoms with Crippen molar-refractivity contribution in [2.45, 2.75) is 27.2 Å². The Morgan fingerprint density at radius 3 is 2.67 bits per heavy atom. The molecule has 3 rings (SSSR count). The number of hydrogen-bond acceptors (Lipinski definition) is 4. The van der Waals surface area contributed by atoms with E-state index in [1.54, 1.807) is 12.1 Å². The molecule has 27 heavy (non-hydrogen) atoms. The predicted molar refractivity (Wildman–Crippen MR) is 111 cm³/mol. The van der Waals surface area contributed by atoms with Crippen molar-refractivity contribution in [3.8, 4) is 0 Å². The van der Waals surface area contributed by atoms with Gasteiger partial charge in [-0.25, -0.2) is 0 Å². The summed E-state index contributed by atoms with van der Waals surface area (Å²) in [6, 6.07) is 13.0. The Morgan fingerprint density at radius 2 is 1.89 bits per heavy atom. The maximum atomic E-state index is 12.7. The van der Waals surface area contributed by atoms with Crippen LogP contribution in [0.4, 0.5) is 5.69 Å². The first kappa shape index (κ1) is 19.0. The molecule has 0 spiro atoms. The molecular weight excluding hydrogens is 358 g/mol. The Morgan fingerprint density at radius 1 is 1.11 bits per heavy atom. The van der Waals surface area contributed by atoms with Gasteiger partial charge in [0.25, 0.3) is 11.8 Å². The van der Waals surface area contributed by atoms with Gasteiger partial charge < -0.3 is 10.6 Å². The van der Waals surface area contributed by atoms with Gasteiger partial charge in [-0.05, 0) is 54.6 Å². The molecule has 6 heteroatoms. The highest BCUT2D eigenvalue weighted by molar-refractivity contribution is 7.13. The van der Waals surface area contributed by atoms with E-state index in [0.29, 0.717) is 29.4 Å². The Balaban J connectivity index is 1.76. The number of fused-ring (bicyclic) bond motifs is 1. The van der Waals surface area contributed by atoms with Gasteiger partial charge in [-0.3, -0.25) is 9.59 Å². The largest absolute Gasteiger partial charge is 0.352 e. The molecule has 0 radical (unpaired) electrons. The second-order valence-electron chi connectivity index (χ2n) is 6.95. The SMILES string of the molecule is Cc1ccc(C(=O)NCCC(C)C)cc1NC(=O)c1nsc2ccccc12. The first-order chi connectivity index (χ1) is 13.0.